The minimum atomic E-state index is -0.483. The Kier molecular flexibility index (Phi) is 3.78. The zero-order valence-electron chi connectivity index (χ0n) is 11.7. The molecule has 2 rings (SSSR count). The van der Waals surface area contributed by atoms with Crippen LogP contribution in [0.4, 0.5) is 0 Å². The van der Waals surface area contributed by atoms with Crippen molar-refractivity contribution < 1.29 is 5.11 Å². The molecule has 1 aromatic heterocycles. The first-order chi connectivity index (χ1) is 8.50. The van der Waals surface area contributed by atoms with Gasteiger partial charge in [0, 0.05) is 30.3 Å². The van der Waals surface area contributed by atoms with Gasteiger partial charge in [0.15, 0.2) is 0 Å². The summed E-state index contributed by atoms with van der Waals surface area (Å²) in [6.07, 6.45) is 5.65. The second-order valence-electron chi connectivity index (χ2n) is 5.96. The molecule has 18 heavy (non-hydrogen) atoms. The second kappa shape index (κ2) is 5.02. The average molecular weight is 251 g/mol. The van der Waals surface area contributed by atoms with E-state index in [1.54, 1.807) is 6.20 Å². The van der Waals surface area contributed by atoms with E-state index < -0.39 is 6.10 Å². The fourth-order valence-electron chi connectivity index (χ4n) is 3.04. The number of hydrogen-bond donors (Lipinski definition) is 2. The quantitative estimate of drug-likeness (QED) is 0.862. The van der Waals surface area contributed by atoms with E-state index in [4.69, 9.17) is 5.73 Å². The minimum absolute atomic E-state index is 0.152. The van der Waals surface area contributed by atoms with Crippen molar-refractivity contribution in [3.63, 3.8) is 0 Å². The van der Waals surface area contributed by atoms with E-state index in [1.807, 2.05) is 18.7 Å². The van der Waals surface area contributed by atoms with Crippen LogP contribution in [0.25, 0.3) is 0 Å². The van der Waals surface area contributed by atoms with Crippen LogP contribution >= 0.6 is 0 Å². The zero-order chi connectivity index (χ0) is 13.3. The van der Waals surface area contributed by atoms with Gasteiger partial charge in [-0.05, 0) is 25.7 Å². The molecule has 0 aromatic carbocycles. The first-order valence-corrected chi connectivity index (χ1v) is 6.87. The molecular formula is C14H25N3O. The topological polar surface area (TPSA) is 64.1 Å². The summed E-state index contributed by atoms with van der Waals surface area (Å²) >= 11 is 0. The molecule has 4 nitrogen and oxygen atoms in total. The molecule has 1 saturated carbocycles. The normalized spacial score (nSPS) is 30.4. The first-order valence-electron chi connectivity index (χ1n) is 6.87. The molecule has 0 amide bonds. The Morgan fingerprint density at radius 2 is 2.17 bits per heavy atom. The molecule has 1 unspecified atom stereocenters. The third-order valence-corrected chi connectivity index (χ3v) is 4.82. The monoisotopic (exact) mass is 251 g/mol. The van der Waals surface area contributed by atoms with Crippen molar-refractivity contribution in [3.8, 4) is 0 Å². The standard InChI is InChI=1S/C14H25N3O/c1-10-4-6-14(9-15,7-5-10)13(18)12-8-16-17(3)11(12)2/h8,10,13,18H,4-7,9,15H2,1-3H3. The number of nitrogens with two attached hydrogens (primary N) is 1. The van der Waals surface area contributed by atoms with Gasteiger partial charge in [-0.2, -0.15) is 5.10 Å². The molecule has 1 heterocycles. The second-order valence-corrected chi connectivity index (χ2v) is 5.96. The van der Waals surface area contributed by atoms with Crippen molar-refractivity contribution in [2.45, 2.75) is 45.6 Å². The summed E-state index contributed by atoms with van der Waals surface area (Å²) in [6.45, 7) is 4.83. The lowest BCUT2D eigenvalue weighted by Gasteiger charge is -2.42. The molecular weight excluding hydrogens is 226 g/mol. The molecule has 0 radical (unpaired) electrons. The van der Waals surface area contributed by atoms with Crippen molar-refractivity contribution in [2.24, 2.45) is 24.1 Å². The maximum Gasteiger partial charge on any atom is 0.0891 e. The van der Waals surface area contributed by atoms with Gasteiger partial charge in [-0.3, -0.25) is 4.68 Å². The van der Waals surface area contributed by atoms with E-state index in [9.17, 15) is 5.11 Å². The lowest BCUT2D eigenvalue weighted by molar-refractivity contribution is -0.00860. The van der Waals surface area contributed by atoms with Gasteiger partial charge in [0.05, 0.1) is 12.3 Å². The van der Waals surface area contributed by atoms with E-state index in [2.05, 4.69) is 12.0 Å². The van der Waals surface area contributed by atoms with Crippen LogP contribution in [0, 0.1) is 18.3 Å². The van der Waals surface area contributed by atoms with Crippen LogP contribution in [0.1, 0.15) is 50.0 Å². The number of aliphatic hydroxyl groups excluding tert-OH is 1. The van der Waals surface area contributed by atoms with Crippen molar-refractivity contribution in [1.29, 1.82) is 0 Å². The molecule has 4 heteroatoms. The Hall–Kier alpha value is -0.870. The van der Waals surface area contributed by atoms with Crippen molar-refractivity contribution >= 4 is 0 Å². The highest BCUT2D eigenvalue weighted by atomic mass is 16.3. The summed E-state index contributed by atoms with van der Waals surface area (Å²) < 4.78 is 1.81. The molecule has 1 atom stereocenters. The lowest BCUT2D eigenvalue weighted by Crippen LogP contribution is -2.40. The summed E-state index contributed by atoms with van der Waals surface area (Å²) in [5.41, 5.74) is 7.82. The summed E-state index contributed by atoms with van der Waals surface area (Å²) in [5.74, 6) is 0.756. The third kappa shape index (κ3) is 2.19. The van der Waals surface area contributed by atoms with Crippen molar-refractivity contribution in [3.05, 3.63) is 17.5 Å². The van der Waals surface area contributed by atoms with Crippen LogP contribution in [0.2, 0.25) is 0 Å². The van der Waals surface area contributed by atoms with E-state index in [-0.39, 0.29) is 5.41 Å². The Balaban J connectivity index is 2.25. The Bertz CT molecular complexity index is 405. The fourth-order valence-corrected chi connectivity index (χ4v) is 3.04. The smallest absolute Gasteiger partial charge is 0.0891 e. The summed E-state index contributed by atoms with van der Waals surface area (Å²) in [4.78, 5) is 0. The molecule has 0 spiro atoms. The largest absolute Gasteiger partial charge is 0.388 e. The van der Waals surface area contributed by atoms with Gasteiger partial charge < -0.3 is 10.8 Å². The number of aliphatic hydroxyl groups is 1. The number of aromatic nitrogens is 2. The summed E-state index contributed by atoms with van der Waals surface area (Å²) in [6, 6.07) is 0. The zero-order valence-corrected chi connectivity index (χ0v) is 11.7. The molecule has 0 aliphatic heterocycles. The molecule has 1 aromatic rings. The van der Waals surface area contributed by atoms with E-state index in [0.29, 0.717) is 6.54 Å². The highest BCUT2D eigenvalue weighted by molar-refractivity contribution is 5.22. The van der Waals surface area contributed by atoms with Crippen molar-refractivity contribution in [2.75, 3.05) is 6.54 Å². The Morgan fingerprint density at radius 3 is 2.61 bits per heavy atom. The predicted molar refractivity (Wildman–Crippen MR) is 72.0 cm³/mol. The average Bonchev–Trinajstić information content (AvgIpc) is 2.71. The van der Waals surface area contributed by atoms with E-state index >= 15 is 0 Å². The maximum atomic E-state index is 10.7. The summed E-state index contributed by atoms with van der Waals surface area (Å²) in [7, 11) is 1.91. The van der Waals surface area contributed by atoms with Gasteiger partial charge in [-0.15, -0.1) is 0 Å². The van der Waals surface area contributed by atoms with Gasteiger partial charge in [0.25, 0.3) is 0 Å². The van der Waals surface area contributed by atoms with Crippen LogP contribution in [0.5, 0.6) is 0 Å². The molecule has 0 saturated heterocycles. The number of hydrogen-bond acceptors (Lipinski definition) is 3. The number of rotatable bonds is 3. The number of aryl methyl sites for hydroxylation is 1. The van der Waals surface area contributed by atoms with Gasteiger partial charge in [-0.1, -0.05) is 19.8 Å². The molecule has 3 N–H and O–H groups in total. The molecule has 1 aliphatic rings. The van der Waals surface area contributed by atoms with Crippen LogP contribution in [-0.4, -0.2) is 21.4 Å². The number of nitrogens with zero attached hydrogens (tertiary/aromatic N) is 2. The SMILES string of the molecule is Cc1c(C(O)C2(CN)CCC(C)CC2)cnn1C. The Labute approximate surface area is 109 Å². The lowest BCUT2D eigenvalue weighted by atomic mass is 9.66. The van der Waals surface area contributed by atoms with Gasteiger partial charge >= 0.3 is 0 Å². The van der Waals surface area contributed by atoms with Crippen LogP contribution < -0.4 is 5.73 Å². The molecule has 102 valence electrons. The molecule has 0 bridgehead atoms. The van der Waals surface area contributed by atoms with Gasteiger partial charge in [-0.25, -0.2) is 0 Å². The van der Waals surface area contributed by atoms with Crippen LogP contribution in [0.3, 0.4) is 0 Å². The predicted octanol–water partition coefficient (Wildman–Crippen LogP) is 1.92. The van der Waals surface area contributed by atoms with Crippen LogP contribution in [-0.2, 0) is 7.05 Å². The van der Waals surface area contributed by atoms with Crippen LogP contribution in [0.15, 0.2) is 6.20 Å². The van der Waals surface area contributed by atoms with Gasteiger partial charge in [0.1, 0.15) is 0 Å². The molecule has 1 fully saturated rings. The van der Waals surface area contributed by atoms with Gasteiger partial charge in [0.2, 0.25) is 0 Å². The highest BCUT2D eigenvalue weighted by Gasteiger charge is 2.41. The van der Waals surface area contributed by atoms with E-state index in [1.165, 1.54) is 0 Å². The summed E-state index contributed by atoms with van der Waals surface area (Å²) in [5, 5.41) is 15.0. The fraction of sp³-hybridized carbons (Fsp3) is 0.786. The van der Waals surface area contributed by atoms with Crippen molar-refractivity contribution in [1.82, 2.24) is 9.78 Å². The minimum Gasteiger partial charge on any atom is -0.388 e. The first kappa shape index (κ1) is 13.6. The highest BCUT2D eigenvalue weighted by Crippen LogP contribution is 2.47. The third-order valence-electron chi connectivity index (χ3n) is 4.82. The maximum absolute atomic E-state index is 10.7. The Morgan fingerprint density at radius 1 is 1.56 bits per heavy atom. The van der Waals surface area contributed by atoms with E-state index in [0.717, 1.165) is 42.9 Å². The molecule has 1 aliphatic carbocycles.